The minimum atomic E-state index is -6.09. The molecule has 0 bridgehead atoms. The van der Waals surface area contributed by atoms with E-state index >= 15 is 0 Å². The minimum absolute atomic E-state index is 0.189. The standard InChI is InChI=1S/C26H31O2S.CHF3O3S/c1-25(2,3)27-20-12-16-23(17-13-20)29(22-10-8-7-9-11-22)24-18-14-21(15-19-24)28-26(4,5)6;2-1(3,4)8(5,6)7/h7-19H,1-6H3;(H,5,6,7)/q+1;/p-1. The first-order chi connectivity index (χ1) is 16.9. The zero-order valence-corrected chi connectivity index (χ0v) is 23.1. The number of ether oxygens (including phenoxy) is 2. The number of alkyl halides is 3. The molecule has 202 valence electrons. The number of rotatable bonds is 5. The van der Waals surface area contributed by atoms with Crippen LogP contribution < -0.4 is 9.47 Å². The van der Waals surface area contributed by atoms with Crippen molar-refractivity contribution in [3.8, 4) is 11.5 Å². The average Bonchev–Trinajstić information content (AvgIpc) is 2.74. The molecule has 5 nitrogen and oxygen atoms in total. The third kappa shape index (κ3) is 10.3. The lowest BCUT2D eigenvalue weighted by Crippen LogP contribution is -2.23. The predicted octanol–water partition coefficient (Wildman–Crippen LogP) is 7.19. The van der Waals surface area contributed by atoms with E-state index < -0.39 is 15.6 Å². The second-order valence-electron chi connectivity index (χ2n) is 9.89. The van der Waals surface area contributed by atoms with Crippen LogP contribution in [0.25, 0.3) is 0 Å². The lowest BCUT2D eigenvalue weighted by molar-refractivity contribution is -0.0517. The zero-order chi connectivity index (χ0) is 28.1. The molecule has 0 unspecified atom stereocenters. The second-order valence-corrected chi connectivity index (χ2v) is 13.3. The Morgan fingerprint density at radius 2 is 0.919 bits per heavy atom. The highest BCUT2D eigenvalue weighted by Gasteiger charge is 2.37. The SMILES string of the molecule is CC(C)(C)Oc1ccc([S+](c2ccccc2)c2ccc(OC(C)(C)C)cc2)cc1.O=S(=O)([O-])C(F)(F)F. The van der Waals surface area contributed by atoms with E-state index in [0.29, 0.717) is 0 Å². The Morgan fingerprint density at radius 3 is 1.19 bits per heavy atom. The van der Waals surface area contributed by atoms with Crippen LogP contribution in [0.2, 0.25) is 0 Å². The fourth-order valence-electron chi connectivity index (χ4n) is 2.96. The number of hydrogen-bond donors (Lipinski definition) is 0. The summed E-state index contributed by atoms with van der Waals surface area (Å²) in [4.78, 5) is 3.82. The number of hydrogen-bond acceptors (Lipinski definition) is 5. The molecule has 0 fully saturated rings. The van der Waals surface area contributed by atoms with E-state index in [4.69, 9.17) is 22.4 Å². The van der Waals surface area contributed by atoms with Gasteiger partial charge in [0.15, 0.2) is 24.8 Å². The smallest absolute Gasteiger partial charge is 0.485 e. The van der Waals surface area contributed by atoms with Crippen LogP contribution in [0.5, 0.6) is 11.5 Å². The first-order valence-corrected chi connectivity index (χ1v) is 13.9. The normalized spacial score (nSPS) is 12.5. The topological polar surface area (TPSA) is 75.7 Å². The summed E-state index contributed by atoms with van der Waals surface area (Å²) in [6.07, 6.45) is 0. The van der Waals surface area contributed by atoms with Gasteiger partial charge in [0.05, 0.1) is 10.9 Å². The van der Waals surface area contributed by atoms with Crippen LogP contribution in [0.4, 0.5) is 13.2 Å². The van der Waals surface area contributed by atoms with Crippen molar-refractivity contribution in [2.45, 2.75) is 72.9 Å². The zero-order valence-electron chi connectivity index (χ0n) is 21.5. The van der Waals surface area contributed by atoms with Gasteiger partial charge in [0.2, 0.25) is 0 Å². The number of benzene rings is 3. The van der Waals surface area contributed by atoms with Crippen LogP contribution in [-0.4, -0.2) is 29.7 Å². The summed E-state index contributed by atoms with van der Waals surface area (Å²) in [7, 11) is -6.28. The molecule has 0 amide bonds. The summed E-state index contributed by atoms with van der Waals surface area (Å²) in [5, 5.41) is 0. The molecular formula is C27H31F3O5S2. The largest absolute Gasteiger partial charge is 0.741 e. The second kappa shape index (κ2) is 11.8. The average molecular weight is 557 g/mol. The molecule has 10 heteroatoms. The molecule has 0 aliphatic rings. The van der Waals surface area contributed by atoms with Crippen molar-refractivity contribution >= 4 is 21.0 Å². The van der Waals surface area contributed by atoms with E-state index in [1.165, 1.54) is 14.7 Å². The Labute approximate surface area is 219 Å². The van der Waals surface area contributed by atoms with Crippen molar-refractivity contribution in [3.05, 3.63) is 78.9 Å². The summed E-state index contributed by atoms with van der Waals surface area (Å²) >= 11 is 0. The van der Waals surface area contributed by atoms with Gasteiger partial charge in [-0.15, -0.1) is 0 Å². The van der Waals surface area contributed by atoms with Crippen LogP contribution in [0.3, 0.4) is 0 Å². The van der Waals surface area contributed by atoms with Crippen molar-refractivity contribution in [1.82, 2.24) is 0 Å². The highest BCUT2D eigenvalue weighted by molar-refractivity contribution is 7.97. The van der Waals surface area contributed by atoms with E-state index in [9.17, 15) is 13.2 Å². The molecule has 3 rings (SSSR count). The van der Waals surface area contributed by atoms with Crippen molar-refractivity contribution in [1.29, 1.82) is 0 Å². The van der Waals surface area contributed by atoms with E-state index in [1.54, 1.807) is 0 Å². The van der Waals surface area contributed by atoms with Crippen molar-refractivity contribution < 1.29 is 35.6 Å². The Kier molecular flexibility index (Phi) is 9.73. The Balaban J connectivity index is 0.000000521. The van der Waals surface area contributed by atoms with Gasteiger partial charge in [-0.3, -0.25) is 0 Å². The maximum absolute atomic E-state index is 10.7. The van der Waals surface area contributed by atoms with Crippen LogP contribution in [0.15, 0.2) is 93.5 Å². The summed E-state index contributed by atoms with van der Waals surface area (Å²) < 4.78 is 70.9. The molecule has 0 aromatic heterocycles. The molecule has 0 aliphatic carbocycles. The minimum Gasteiger partial charge on any atom is -0.741 e. The first kappa shape index (κ1) is 30.5. The Morgan fingerprint density at radius 1 is 0.622 bits per heavy atom. The predicted molar refractivity (Wildman–Crippen MR) is 138 cm³/mol. The fourth-order valence-corrected chi connectivity index (χ4v) is 5.02. The molecule has 0 spiro atoms. The van der Waals surface area contributed by atoms with Gasteiger partial charge in [-0.25, -0.2) is 8.42 Å². The molecule has 0 saturated heterocycles. The van der Waals surface area contributed by atoms with Gasteiger partial charge < -0.3 is 14.0 Å². The van der Waals surface area contributed by atoms with Crippen LogP contribution in [0.1, 0.15) is 41.5 Å². The number of halogens is 3. The van der Waals surface area contributed by atoms with Crippen molar-refractivity contribution in [2.75, 3.05) is 0 Å². The highest BCUT2D eigenvalue weighted by Crippen LogP contribution is 2.34. The van der Waals surface area contributed by atoms with Gasteiger partial charge in [-0.2, -0.15) is 13.2 Å². The van der Waals surface area contributed by atoms with Gasteiger partial charge in [0, 0.05) is 0 Å². The highest BCUT2D eigenvalue weighted by atomic mass is 32.2. The Hall–Kier alpha value is -2.69. The molecule has 0 N–H and O–H groups in total. The molecule has 0 radical (unpaired) electrons. The molecule has 3 aromatic rings. The van der Waals surface area contributed by atoms with Crippen molar-refractivity contribution in [2.24, 2.45) is 0 Å². The summed E-state index contributed by atoms with van der Waals surface area (Å²) in [5.41, 5.74) is -6.05. The summed E-state index contributed by atoms with van der Waals surface area (Å²) in [6, 6.07) is 27.6. The monoisotopic (exact) mass is 556 g/mol. The van der Waals surface area contributed by atoms with Gasteiger partial charge >= 0.3 is 5.51 Å². The molecular weight excluding hydrogens is 525 g/mol. The van der Waals surface area contributed by atoms with Gasteiger partial charge in [-0.05, 0) is 102 Å². The van der Waals surface area contributed by atoms with E-state index in [-0.39, 0.29) is 22.1 Å². The van der Waals surface area contributed by atoms with E-state index in [1.807, 2.05) is 0 Å². The summed E-state index contributed by atoms with van der Waals surface area (Å²) in [5.74, 6) is 1.79. The third-order valence-electron chi connectivity index (χ3n) is 4.23. The third-order valence-corrected chi connectivity index (χ3v) is 7.03. The molecule has 0 atom stereocenters. The maximum Gasteiger partial charge on any atom is 0.485 e. The van der Waals surface area contributed by atoms with Gasteiger partial charge in [-0.1, -0.05) is 18.2 Å². The molecule has 37 heavy (non-hydrogen) atoms. The maximum atomic E-state index is 10.7. The lowest BCUT2D eigenvalue weighted by atomic mass is 10.2. The fraction of sp³-hybridized carbons (Fsp3) is 0.333. The van der Waals surface area contributed by atoms with Crippen molar-refractivity contribution in [3.63, 3.8) is 0 Å². The molecule has 0 heterocycles. The van der Waals surface area contributed by atoms with E-state index in [2.05, 4.69) is 120 Å². The Bertz CT molecular complexity index is 1170. The first-order valence-electron chi connectivity index (χ1n) is 11.3. The summed E-state index contributed by atoms with van der Waals surface area (Å²) in [6.45, 7) is 12.4. The van der Waals surface area contributed by atoms with Gasteiger partial charge in [0.25, 0.3) is 0 Å². The van der Waals surface area contributed by atoms with E-state index in [0.717, 1.165) is 11.5 Å². The van der Waals surface area contributed by atoms with Crippen LogP contribution in [0, 0.1) is 0 Å². The molecule has 0 aliphatic heterocycles. The van der Waals surface area contributed by atoms with Crippen LogP contribution >= 0.6 is 0 Å². The lowest BCUT2D eigenvalue weighted by Gasteiger charge is -2.21. The quantitative estimate of drug-likeness (QED) is 0.189. The molecule has 0 saturated carbocycles. The molecule has 3 aromatic carbocycles. The van der Waals surface area contributed by atoms with Gasteiger partial charge in [0.1, 0.15) is 22.7 Å². The van der Waals surface area contributed by atoms with Crippen LogP contribution in [-0.2, 0) is 21.0 Å².